The molecule has 0 saturated heterocycles. The molecule has 0 amide bonds. The van der Waals surface area contributed by atoms with E-state index in [2.05, 4.69) is 15.4 Å². The highest BCUT2D eigenvalue weighted by molar-refractivity contribution is 5.56. The highest BCUT2D eigenvalue weighted by Gasteiger charge is 2.16. The summed E-state index contributed by atoms with van der Waals surface area (Å²) in [7, 11) is 0. The summed E-state index contributed by atoms with van der Waals surface area (Å²) in [6, 6.07) is 12.6. The quantitative estimate of drug-likeness (QED) is 0.577. The molecule has 0 aliphatic heterocycles. The molecule has 1 aromatic carbocycles. The second kappa shape index (κ2) is 6.27. The van der Waals surface area contributed by atoms with E-state index in [9.17, 15) is 10.1 Å². The van der Waals surface area contributed by atoms with Gasteiger partial charge in [-0.25, -0.2) is 9.67 Å². The summed E-state index contributed by atoms with van der Waals surface area (Å²) in [5.41, 5.74) is 1.92. The summed E-state index contributed by atoms with van der Waals surface area (Å²) in [6.45, 7) is 1.93. The number of pyridine rings is 1. The van der Waals surface area contributed by atoms with Gasteiger partial charge in [0.1, 0.15) is 0 Å². The van der Waals surface area contributed by atoms with E-state index < -0.39 is 4.92 Å². The first kappa shape index (κ1) is 14.7. The number of nitrogens with one attached hydrogen (secondary N) is 1. The first-order valence-corrected chi connectivity index (χ1v) is 7.11. The van der Waals surface area contributed by atoms with E-state index in [0.717, 1.165) is 11.3 Å². The van der Waals surface area contributed by atoms with Crippen molar-refractivity contribution in [2.75, 3.05) is 5.32 Å². The van der Waals surface area contributed by atoms with Gasteiger partial charge in [0.25, 0.3) is 0 Å². The highest BCUT2D eigenvalue weighted by atomic mass is 16.6. The van der Waals surface area contributed by atoms with Crippen molar-refractivity contribution in [1.29, 1.82) is 0 Å². The molecule has 1 atom stereocenters. The van der Waals surface area contributed by atoms with Crippen molar-refractivity contribution < 1.29 is 4.92 Å². The van der Waals surface area contributed by atoms with Crippen LogP contribution >= 0.6 is 0 Å². The minimum atomic E-state index is -0.442. The number of hydrogen-bond acceptors (Lipinski definition) is 5. The Bertz CT molecular complexity index is 800. The zero-order chi connectivity index (χ0) is 16.2. The Kier molecular flexibility index (Phi) is 4.01. The van der Waals surface area contributed by atoms with Crippen LogP contribution in [-0.2, 0) is 0 Å². The fourth-order valence-corrected chi connectivity index (χ4v) is 2.28. The van der Waals surface area contributed by atoms with Gasteiger partial charge in [0.15, 0.2) is 0 Å². The van der Waals surface area contributed by atoms with Gasteiger partial charge in [0.05, 0.1) is 16.7 Å². The molecule has 23 heavy (non-hydrogen) atoms. The van der Waals surface area contributed by atoms with Gasteiger partial charge < -0.3 is 5.32 Å². The first-order chi connectivity index (χ1) is 11.1. The number of benzene rings is 1. The average Bonchev–Trinajstić information content (AvgIpc) is 3.10. The molecule has 2 heterocycles. The Morgan fingerprint density at radius 1 is 1.17 bits per heavy atom. The number of nitro groups is 1. The van der Waals surface area contributed by atoms with Crippen LogP contribution in [-0.4, -0.2) is 19.7 Å². The summed E-state index contributed by atoms with van der Waals surface area (Å²) in [5, 5.41) is 18.3. The number of aromatic nitrogens is 3. The van der Waals surface area contributed by atoms with E-state index in [-0.39, 0.29) is 17.5 Å². The standard InChI is InChI=1S/C16H15N5O2/c1-12(19-16-15(21(22)23)4-2-9-17-16)13-5-7-14(8-6-13)20-11-3-10-18-20/h2-12H,1H3,(H,17,19). The van der Waals surface area contributed by atoms with E-state index in [1.54, 1.807) is 16.9 Å². The van der Waals surface area contributed by atoms with Gasteiger partial charge in [0, 0.05) is 24.7 Å². The van der Waals surface area contributed by atoms with E-state index in [4.69, 9.17) is 0 Å². The maximum Gasteiger partial charge on any atom is 0.311 e. The molecular weight excluding hydrogens is 294 g/mol. The minimum Gasteiger partial charge on any atom is -0.358 e. The first-order valence-electron chi connectivity index (χ1n) is 7.11. The van der Waals surface area contributed by atoms with E-state index >= 15 is 0 Å². The van der Waals surface area contributed by atoms with Gasteiger partial charge in [-0.05, 0) is 36.8 Å². The van der Waals surface area contributed by atoms with Crippen LogP contribution in [0.25, 0.3) is 5.69 Å². The van der Waals surface area contributed by atoms with Gasteiger partial charge >= 0.3 is 5.69 Å². The van der Waals surface area contributed by atoms with Gasteiger partial charge in [-0.1, -0.05) is 12.1 Å². The Morgan fingerprint density at radius 2 is 1.96 bits per heavy atom. The predicted molar refractivity (Wildman–Crippen MR) is 86.5 cm³/mol. The van der Waals surface area contributed by atoms with Crippen molar-refractivity contribution >= 4 is 11.5 Å². The van der Waals surface area contributed by atoms with Gasteiger partial charge in [0.2, 0.25) is 5.82 Å². The molecule has 1 unspecified atom stereocenters. The van der Waals surface area contributed by atoms with Crippen LogP contribution in [0, 0.1) is 10.1 Å². The monoisotopic (exact) mass is 309 g/mol. The molecule has 7 nitrogen and oxygen atoms in total. The second-order valence-corrected chi connectivity index (χ2v) is 5.04. The number of nitrogens with zero attached hydrogens (tertiary/aromatic N) is 4. The average molecular weight is 309 g/mol. The third kappa shape index (κ3) is 3.18. The molecule has 116 valence electrons. The van der Waals surface area contributed by atoms with Gasteiger partial charge in [-0.3, -0.25) is 10.1 Å². The van der Waals surface area contributed by atoms with Crippen LogP contribution in [0.4, 0.5) is 11.5 Å². The van der Waals surface area contributed by atoms with Gasteiger partial charge in [-0.15, -0.1) is 0 Å². The molecule has 7 heteroatoms. The second-order valence-electron chi connectivity index (χ2n) is 5.04. The normalized spacial score (nSPS) is 11.9. The maximum atomic E-state index is 11.0. The Hall–Kier alpha value is -3.22. The molecule has 3 rings (SSSR count). The summed E-state index contributed by atoms with van der Waals surface area (Å²) in [4.78, 5) is 14.6. The summed E-state index contributed by atoms with van der Waals surface area (Å²) in [6.07, 6.45) is 5.12. The lowest BCUT2D eigenvalue weighted by Gasteiger charge is -2.15. The molecule has 0 radical (unpaired) electrons. The van der Waals surface area contributed by atoms with Crippen LogP contribution in [0.15, 0.2) is 61.1 Å². The minimum absolute atomic E-state index is 0.0347. The van der Waals surface area contributed by atoms with Crippen molar-refractivity contribution in [2.45, 2.75) is 13.0 Å². The van der Waals surface area contributed by atoms with Crippen molar-refractivity contribution in [3.8, 4) is 5.69 Å². The Balaban J connectivity index is 1.79. The van der Waals surface area contributed by atoms with E-state index in [1.165, 1.54) is 12.3 Å². The van der Waals surface area contributed by atoms with Crippen molar-refractivity contribution in [2.24, 2.45) is 0 Å². The van der Waals surface area contributed by atoms with E-state index in [1.807, 2.05) is 43.5 Å². The van der Waals surface area contributed by atoms with Crippen molar-refractivity contribution in [3.63, 3.8) is 0 Å². The van der Waals surface area contributed by atoms with E-state index in [0.29, 0.717) is 0 Å². The smallest absolute Gasteiger partial charge is 0.311 e. The SMILES string of the molecule is CC(Nc1ncccc1[N+](=O)[O-])c1ccc(-n2cccn2)cc1. The van der Waals surface area contributed by atoms with Crippen LogP contribution in [0.2, 0.25) is 0 Å². The molecule has 1 N–H and O–H groups in total. The van der Waals surface area contributed by atoms with Crippen LogP contribution < -0.4 is 5.32 Å². The fraction of sp³-hybridized carbons (Fsp3) is 0.125. The molecule has 0 aliphatic rings. The molecule has 3 aromatic rings. The molecule has 0 spiro atoms. The Morgan fingerprint density at radius 3 is 2.61 bits per heavy atom. The molecule has 0 saturated carbocycles. The topological polar surface area (TPSA) is 85.9 Å². The lowest BCUT2D eigenvalue weighted by Crippen LogP contribution is -2.10. The largest absolute Gasteiger partial charge is 0.358 e. The molecule has 0 bridgehead atoms. The third-order valence-corrected chi connectivity index (χ3v) is 3.50. The zero-order valence-electron chi connectivity index (χ0n) is 12.5. The van der Waals surface area contributed by atoms with Crippen molar-refractivity contribution in [3.05, 3.63) is 76.7 Å². The summed E-state index contributed by atoms with van der Waals surface area (Å²) < 4.78 is 1.77. The lowest BCUT2D eigenvalue weighted by molar-refractivity contribution is -0.384. The fourth-order valence-electron chi connectivity index (χ4n) is 2.28. The van der Waals surface area contributed by atoms with Crippen LogP contribution in [0.3, 0.4) is 0 Å². The predicted octanol–water partition coefficient (Wildman–Crippen LogP) is 3.35. The Labute approximate surface area is 132 Å². The van der Waals surface area contributed by atoms with Crippen LogP contribution in [0.5, 0.6) is 0 Å². The molecule has 0 aliphatic carbocycles. The maximum absolute atomic E-state index is 11.0. The number of rotatable bonds is 5. The summed E-state index contributed by atoms with van der Waals surface area (Å²) in [5.74, 6) is 0.265. The van der Waals surface area contributed by atoms with Crippen molar-refractivity contribution in [1.82, 2.24) is 14.8 Å². The summed E-state index contributed by atoms with van der Waals surface area (Å²) >= 11 is 0. The molecule has 0 fully saturated rings. The third-order valence-electron chi connectivity index (χ3n) is 3.50. The molecule has 2 aromatic heterocycles. The van der Waals surface area contributed by atoms with Crippen LogP contribution in [0.1, 0.15) is 18.5 Å². The van der Waals surface area contributed by atoms with Gasteiger partial charge in [-0.2, -0.15) is 5.10 Å². The number of hydrogen-bond donors (Lipinski definition) is 1. The highest BCUT2D eigenvalue weighted by Crippen LogP contribution is 2.25. The number of anilines is 1. The zero-order valence-corrected chi connectivity index (χ0v) is 12.5. The lowest BCUT2D eigenvalue weighted by atomic mass is 10.1. The molecular formula is C16H15N5O2.